The minimum Gasteiger partial charge on any atom is -0.494 e. The van der Waals surface area contributed by atoms with Gasteiger partial charge in [-0.3, -0.25) is 4.79 Å². The molecular formula is C21H22N2O6S2. The Kier molecular flexibility index (Phi) is 6.94. The third-order valence-electron chi connectivity index (χ3n) is 4.34. The van der Waals surface area contributed by atoms with E-state index in [1.807, 2.05) is 6.92 Å². The van der Waals surface area contributed by atoms with Crippen LogP contribution in [0.1, 0.15) is 23.5 Å². The highest BCUT2D eigenvalue weighted by Gasteiger charge is 2.22. The van der Waals surface area contributed by atoms with E-state index >= 15 is 0 Å². The van der Waals surface area contributed by atoms with Crippen molar-refractivity contribution in [1.29, 1.82) is 0 Å². The van der Waals surface area contributed by atoms with Crippen LogP contribution in [0.2, 0.25) is 0 Å². The third kappa shape index (κ3) is 5.40. The van der Waals surface area contributed by atoms with Gasteiger partial charge in [-0.1, -0.05) is 0 Å². The van der Waals surface area contributed by atoms with Crippen molar-refractivity contribution in [3.63, 3.8) is 0 Å². The molecule has 0 spiro atoms. The predicted octanol–water partition coefficient (Wildman–Crippen LogP) is 3.39. The van der Waals surface area contributed by atoms with Crippen molar-refractivity contribution in [2.75, 3.05) is 19.0 Å². The lowest BCUT2D eigenvalue weighted by Gasteiger charge is -2.15. The van der Waals surface area contributed by atoms with Gasteiger partial charge in [-0.05, 0) is 67.8 Å². The molecule has 1 heterocycles. The van der Waals surface area contributed by atoms with Crippen molar-refractivity contribution >= 4 is 49.0 Å². The number of ether oxygens (including phenoxy) is 2. The molecule has 1 atom stereocenters. The normalized spacial score (nSPS) is 12.4. The lowest BCUT2D eigenvalue weighted by Crippen LogP contribution is -2.41. The topological polar surface area (TPSA) is 111 Å². The van der Waals surface area contributed by atoms with E-state index in [-0.39, 0.29) is 4.90 Å². The number of methoxy groups -OCH3 is 1. The first-order valence-electron chi connectivity index (χ1n) is 9.41. The molecule has 0 unspecified atom stereocenters. The van der Waals surface area contributed by atoms with Crippen LogP contribution in [-0.2, 0) is 19.6 Å². The molecule has 0 aliphatic carbocycles. The number of esters is 1. The van der Waals surface area contributed by atoms with Crippen molar-refractivity contribution in [3.05, 3.63) is 53.4 Å². The van der Waals surface area contributed by atoms with E-state index in [0.29, 0.717) is 22.9 Å². The van der Waals surface area contributed by atoms with Crippen molar-refractivity contribution in [2.24, 2.45) is 0 Å². The second kappa shape index (κ2) is 9.46. The Morgan fingerprint density at radius 2 is 1.81 bits per heavy atom. The fourth-order valence-electron chi connectivity index (χ4n) is 2.81. The monoisotopic (exact) mass is 462 g/mol. The number of thiophene rings is 1. The van der Waals surface area contributed by atoms with Gasteiger partial charge in [0.1, 0.15) is 10.6 Å². The van der Waals surface area contributed by atoms with Crippen LogP contribution in [0.25, 0.3) is 10.1 Å². The number of amides is 1. The summed E-state index contributed by atoms with van der Waals surface area (Å²) in [6.07, 6.45) is 0. The van der Waals surface area contributed by atoms with Gasteiger partial charge in [-0.25, -0.2) is 13.2 Å². The van der Waals surface area contributed by atoms with Crippen LogP contribution >= 0.6 is 11.3 Å². The first kappa shape index (κ1) is 22.7. The zero-order valence-corrected chi connectivity index (χ0v) is 18.8. The summed E-state index contributed by atoms with van der Waals surface area (Å²) in [5, 5.41) is 3.46. The number of carbonyl (C=O) groups excluding carboxylic acids is 2. The maximum Gasteiger partial charge on any atom is 0.348 e. The van der Waals surface area contributed by atoms with Crippen LogP contribution in [0.5, 0.6) is 5.75 Å². The van der Waals surface area contributed by atoms with Gasteiger partial charge in [-0.15, -0.1) is 11.3 Å². The molecule has 164 valence electrons. The number of nitrogens with one attached hydrogen (secondary N) is 2. The first-order valence-corrected chi connectivity index (χ1v) is 11.7. The molecule has 0 radical (unpaired) electrons. The molecule has 0 bridgehead atoms. The number of benzene rings is 2. The molecule has 0 saturated carbocycles. The number of rotatable bonds is 8. The maximum absolute atomic E-state index is 12.6. The smallest absolute Gasteiger partial charge is 0.348 e. The molecular weight excluding hydrogens is 440 g/mol. The summed E-state index contributed by atoms with van der Waals surface area (Å²) in [5.74, 6) is -0.382. The summed E-state index contributed by atoms with van der Waals surface area (Å²) in [5.41, 5.74) is 0.485. The Hall–Kier alpha value is -2.95. The van der Waals surface area contributed by atoms with Crippen LogP contribution in [0.15, 0.2) is 53.4 Å². The highest BCUT2D eigenvalue weighted by Crippen LogP contribution is 2.28. The SMILES string of the molecule is CCOc1ccc(S(=O)(=O)N[C@H](C)C(=O)Nc2ccc3sc(C(=O)OC)cc3c2)cc1. The molecule has 2 aromatic carbocycles. The number of carbonyl (C=O) groups is 2. The molecule has 1 amide bonds. The Morgan fingerprint density at radius 3 is 2.45 bits per heavy atom. The molecule has 3 rings (SSSR count). The van der Waals surface area contributed by atoms with Crippen molar-refractivity contribution in [1.82, 2.24) is 4.72 Å². The maximum atomic E-state index is 12.6. The van der Waals surface area contributed by atoms with E-state index in [1.165, 1.54) is 37.5 Å². The van der Waals surface area contributed by atoms with Crippen LogP contribution < -0.4 is 14.8 Å². The minimum absolute atomic E-state index is 0.0330. The van der Waals surface area contributed by atoms with Crippen molar-refractivity contribution < 1.29 is 27.5 Å². The fourth-order valence-corrected chi connectivity index (χ4v) is 4.97. The number of sulfonamides is 1. The van der Waals surface area contributed by atoms with Gasteiger partial charge in [0.15, 0.2) is 0 Å². The Balaban J connectivity index is 1.68. The molecule has 8 nitrogen and oxygen atoms in total. The van der Waals surface area contributed by atoms with Crippen molar-refractivity contribution in [3.8, 4) is 5.75 Å². The average Bonchev–Trinajstić information content (AvgIpc) is 3.17. The molecule has 10 heteroatoms. The van der Waals surface area contributed by atoms with E-state index in [9.17, 15) is 18.0 Å². The van der Waals surface area contributed by atoms with Gasteiger partial charge in [0.05, 0.1) is 24.7 Å². The molecule has 0 aliphatic heterocycles. The number of fused-ring (bicyclic) bond motifs is 1. The van der Waals surface area contributed by atoms with Crippen molar-refractivity contribution in [2.45, 2.75) is 24.8 Å². The quantitative estimate of drug-likeness (QED) is 0.497. The van der Waals surface area contributed by atoms with Gasteiger partial charge < -0.3 is 14.8 Å². The highest BCUT2D eigenvalue weighted by atomic mass is 32.2. The largest absolute Gasteiger partial charge is 0.494 e. The van der Waals surface area contributed by atoms with E-state index < -0.39 is 27.9 Å². The van der Waals surface area contributed by atoms with Gasteiger partial charge >= 0.3 is 5.97 Å². The van der Waals surface area contributed by atoms with Gasteiger partial charge in [-0.2, -0.15) is 4.72 Å². The third-order valence-corrected chi connectivity index (χ3v) is 6.99. The second-order valence-corrected chi connectivity index (χ2v) is 9.39. The van der Waals surface area contributed by atoms with E-state index in [1.54, 1.807) is 36.4 Å². The Morgan fingerprint density at radius 1 is 1.10 bits per heavy atom. The number of hydrogen-bond donors (Lipinski definition) is 2. The Labute approximate surface area is 184 Å². The molecule has 0 fully saturated rings. The van der Waals surface area contributed by atoms with Crippen LogP contribution in [0, 0.1) is 0 Å². The zero-order valence-electron chi connectivity index (χ0n) is 17.2. The van der Waals surface area contributed by atoms with E-state index in [0.717, 1.165) is 10.1 Å². The average molecular weight is 463 g/mol. The molecule has 0 saturated heterocycles. The number of hydrogen-bond acceptors (Lipinski definition) is 7. The lowest BCUT2D eigenvalue weighted by atomic mass is 10.2. The molecule has 0 aliphatic rings. The van der Waals surface area contributed by atoms with E-state index in [2.05, 4.69) is 10.0 Å². The van der Waals surface area contributed by atoms with E-state index in [4.69, 9.17) is 9.47 Å². The van der Waals surface area contributed by atoms with Crippen LogP contribution in [0.3, 0.4) is 0 Å². The fraction of sp³-hybridized carbons (Fsp3) is 0.238. The zero-order chi connectivity index (χ0) is 22.6. The molecule has 3 aromatic rings. The summed E-state index contributed by atoms with van der Waals surface area (Å²) in [6, 6.07) is 11.8. The molecule has 31 heavy (non-hydrogen) atoms. The summed E-state index contributed by atoms with van der Waals surface area (Å²) < 4.78 is 38.4. The second-order valence-electron chi connectivity index (χ2n) is 6.59. The predicted molar refractivity (Wildman–Crippen MR) is 119 cm³/mol. The highest BCUT2D eigenvalue weighted by molar-refractivity contribution is 7.89. The van der Waals surface area contributed by atoms with Gasteiger partial charge in [0.2, 0.25) is 15.9 Å². The summed E-state index contributed by atoms with van der Waals surface area (Å²) >= 11 is 1.29. The summed E-state index contributed by atoms with van der Waals surface area (Å²) in [6.45, 7) is 3.77. The minimum atomic E-state index is -3.89. The molecule has 1 aromatic heterocycles. The summed E-state index contributed by atoms with van der Waals surface area (Å²) in [7, 11) is -2.57. The summed E-state index contributed by atoms with van der Waals surface area (Å²) in [4.78, 5) is 24.7. The first-order chi connectivity index (χ1) is 14.7. The Bertz CT molecular complexity index is 1200. The molecule has 2 N–H and O–H groups in total. The van der Waals surface area contributed by atoms with Gasteiger partial charge in [0.25, 0.3) is 0 Å². The lowest BCUT2D eigenvalue weighted by molar-refractivity contribution is -0.117. The van der Waals surface area contributed by atoms with Crippen LogP contribution in [0.4, 0.5) is 5.69 Å². The number of anilines is 1. The van der Waals surface area contributed by atoms with Crippen LogP contribution in [-0.4, -0.2) is 40.1 Å². The van der Waals surface area contributed by atoms with Gasteiger partial charge in [0, 0.05) is 10.4 Å². The standard InChI is InChI=1S/C21H22N2O6S2/c1-4-29-16-6-8-17(9-7-16)31(26,27)23-13(2)20(24)22-15-5-10-18-14(11-15)12-19(30-18)21(25)28-3/h5-13,23H,4H2,1-3H3,(H,22,24)/t13-/m1/s1.